The second-order valence-corrected chi connectivity index (χ2v) is 8.76. The number of likely N-dealkylation sites (tertiary alicyclic amines) is 1. The number of hydrogen-bond donors (Lipinski definition) is 2. The molecule has 1 aliphatic heterocycles. The highest BCUT2D eigenvalue weighted by atomic mass is 32.2. The molecule has 1 fully saturated rings. The van der Waals surface area contributed by atoms with Crippen LogP contribution in [0.15, 0.2) is 63.9 Å². The largest absolute Gasteiger partial charge is 0.465 e. The van der Waals surface area contributed by atoms with E-state index in [4.69, 9.17) is 9.56 Å². The number of oxazole rings is 1. The number of rotatable bonds is 5. The maximum absolute atomic E-state index is 11.5. The van der Waals surface area contributed by atoms with Crippen LogP contribution in [0.4, 0.5) is 4.79 Å². The third-order valence-electron chi connectivity index (χ3n) is 5.20. The number of nitrogens with two attached hydrogens (primary N) is 1. The van der Waals surface area contributed by atoms with Crippen molar-refractivity contribution < 1.29 is 22.7 Å². The first kappa shape index (κ1) is 20.1. The molecule has 0 radical (unpaired) electrons. The molecule has 1 aromatic heterocycles. The second-order valence-electron chi connectivity index (χ2n) is 7.20. The molecule has 1 unspecified atom stereocenters. The number of hydrogen-bond acceptors (Lipinski definition) is 5. The van der Waals surface area contributed by atoms with Crippen molar-refractivity contribution in [3.8, 4) is 22.6 Å². The average Bonchev–Trinajstić information content (AvgIpc) is 3.36. The van der Waals surface area contributed by atoms with Crippen LogP contribution in [0, 0.1) is 0 Å². The number of carboxylic acid groups (broad SMARTS) is 1. The molecule has 9 heteroatoms. The van der Waals surface area contributed by atoms with Gasteiger partial charge >= 0.3 is 6.09 Å². The molecular weight excluding hydrogens is 406 g/mol. The summed E-state index contributed by atoms with van der Waals surface area (Å²) in [5, 5.41) is 14.6. The quantitative estimate of drug-likeness (QED) is 0.643. The van der Waals surface area contributed by atoms with E-state index in [1.165, 1.54) is 17.0 Å². The van der Waals surface area contributed by atoms with Gasteiger partial charge in [0.2, 0.25) is 10.0 Å². The summed E-state index contributed by atoms with van der Waals surface area (Å²) in [6, 6.07) is 15.4. The van der Waals surface area contributed by atoms with Crippen LogP contribution in [-0.4, -0.2) is 42.1 Å². The Morgan fingerprint density at radius 3 is 2.47 bits per heavy atom. The minimum Gasteiger partial charge on any atom is -0.465 e. The lowest BCUT2D eigenvalue weighted by molar-refractivity contribution is 0.138. The molecule has 8 nitrogen and oxygen atoms in total. The molecule has 2 heterocycles. The third kappa shape index (κ3) is 4.07. The zero-order valence-corrected chi connectivity index (χ0v) is 16.9. The van der Waals surface area contributed by atoms with Crippen molar-refractivity contribution in [1.29, 1.82) is 0 Å². The van der Waals surface area contributed by atoms with Crippen LogP contribution in [0.1, 0.15) is 18.7 Å². The Hall–Kier alpha value is -3.17. The molecular formula is C21H21N3O5S. The first-order valence-corrected chi connectivity index (χ1v) is 11.1. The lowest BCUT2D eigenvalue weighted by Crippen LogP contribution is -2.35. The van der Waals surface area contributed by atoms with E-state index in [0.717, 1.165) is 18.4 Å². The predicted molar refractivity (Wildman–Crippen MR) is 110 cm³/mol. The Labute approximate surface area is 174 Å². The molecule has 3 N–H and O–H groups in total. The van der Waals surface area contributed by atoms with Crippen LogP contribution in [0.5, 0.6) is 0 Å². The molecule has 4 rings (SSSR count). The van der Waals surface area contributed by atoms with Gasteiger partial charge in [-0.25, -0.2) is 23.3 Å². The number of amides is 1. The topological polar surface area (TPSA) is 127 Å². The third-order valence-corrected chi connectivity index (χ3v) is 6.13. The summed E-state index contributed by atoms with van der Waals surface area (Å²) in [7, 11) is -3.80. The summed E-state index contributed by atoms with van der Waals surface area (Å²) >= 11 is 0. The van der Waals surface area contributed by atoms with E-state index < -0.39 is 16.1 Å². The highest BCUT2D eigenvalue weighted by Crippen LogP contribution is 2.34. The number of aromatic nitrogens is 1. The molecule has 1 saturated heterocycles. The molecule has 0 bridgehead atoms. The van der Waals surface area contributed by atoms with Crippen molar-refractivity contribution >= 4 is 16.1 Å². The maximum Gasteiger partial charge on any atom is 0.407 e. The summed E-state index contributed by atoms with van der Waals surface area (Å²) < 4.78 is 29.1. The molecule has 0 spiro atoms. The summed E-state index contributed by atoms with van der Waals surface area (Å²) in [6.07, 6.45) is 1.01. The summed E-state index contributed by atoms with van der Waals surface area (Å²) in [4.78, 5) is 17.5. The van der Waals surface area contributed by atoms with E-state index >= 15 is 0 Å². The predicted octanol–water partition coefficient (Wildman–Crippen LogP) is 3.34. The maximum atomic E-state index is 11.5. The van der Waals surface area contributed by atoms with Gasteiger partial charge < -0.3 is 14.4 Å². The van der Waals surface area contributed by atoms with Crippen molar-refractivity contribution in [3.05, 3.63) is 60.5 Å². The Bertz CT molecular complexity index is 1160. The molecule has 2 aromatic carbocycles. The highest BCUT2D eigenvalue weighted by molar-refractivity contribution is 7.89. The number of benzene rings is 2. The SMILES string of the molecule is NS(=O)(=O)c1ccc(-c2oc(CC3CCCN3C(=O)O)nc2-c2ccccc2)cc1. The lowest BCUT2D eigenvalue weighted by atomic mass is 10.1. The molecule has 30 heavy (non-hydrogen) atoms. The molecule has 1 amide bonds. The van der Waals surface area contributed by atoms with E-state index in [-0.39, 0.29) is 10.9 Å². The summed E-state index contributed by atoms with van der Waals surface area (Å²) in [5.74, 6) is 0.939. The first-order valence-electron chi connectivity index (χ1n) is 9.51. The van der Waals surface area contributed by atoms with Gasteiger partial charge in [-0.2, -0.15) is 0 Å². The number of carbonyl (C=O) groups is 1. The van der Waals surface area contributed by atoms with Gasteiger partial charge in [0.25, 0.3) is 0 Å². The van der Waals surface area contributed by atoms with Gasteiger partial charge in [0.15, 0.2) is 11.7 Å². The zero-order valence-electron chi connectivity index (χ0n) is 16.1. The van der Waals surface area contributed by atoms with Gasteiger partial charge in [0.05, 0.1) is 4.90 Å². The van der Waals surface area contributed by atoms with Crippen LogP contribution in [0.3, 0.4) is 0 Å². The number of sulfonamides is 1. The summed E-state index contributed by atoms with van der Waals surface area (Å²) in [5.41, 5.74) is 2.12. The van der Waals surface area contributed by atoms with Crippen LogP contribution in [0.25, 0.3) is 22.6 Å². The van der Waals surface area contributed by atoms with Crippen molar-refractivity contribution in [3.63, 3.8) is 0 Å². The van der Waals surface area contributed by atoms with Crippen molar-refractivity contribution in [2.45, 2.75) is 30.2 Å². The monoisotopic (exact) mass is 427 g/mol. The van der Waals surface area contributed by atoms with E-state index in [1.54, 1.807) is 12.1 Å². The van der Waals surface area contributed by atoms with Gasteiger partial charge in [-0.1, -0.05) is 30.3 Å². The normalized spacial score (nSPS) is 16.7. The Morgan fingerprint density at radius 2 is 1.83 bits per heavy atom. The Kier molecular flexibility index (Phi) is 5.31. The Balaban J connectivity index is 1.73. The Morgan fingerprint density at radius 1 is 1.13 bits per heavy atom. The molecule has 0 aliphatic carbocycles. The van der Waals surface area contributed by atoms with Crippen LogP contribution >= 0.6 is 0 Å². The lowest BCUT2D eigenvalue weighted by Gasteiger charge is -2.19. The van der Waals surface area contributed by atoms with Gasteiger partial charge in [-0.15, -0.1) is 0 Å². The standard InChI is InChI=1S/C21H21N3O5S/c22-30(27,28)17-10-8-15(9-11-17)20-19(14-5-2-1-3-6-14)23-18(29-20)13-16-7-4-12-24(16)21(25)26/h1-3,5-6,8-11,16H,4,7,12-13H2,(H,25,26)(H2,22,27,28). The van der Waals surface area contributed by atoms with Crippen LogP contribution in [0.2, 0.25) is 0 Å². The van der Waals surface area contributed by atoms with Gasteiger partial charge in [-0.3, -0.25) is 0 Å². The molecule has 156 valence electrons. The second kappa shape index (κ2) is 7.92. The van der Waals surface area contributed by atoms with Crippen molar-refractivity contribution in [1.82, 2.24) is 9.88 Å². The van der Waals surface area contributed by atoms with E-state index in [2.05, 4.69) is 4.98 Å². The highest BCUT2D eigenvalue weighted by Gasteiger charge is 2.30. The van der Waals surface area contributed by atoms with E-state index in [1.807, 2.05) is 30.3 Å². The molecule has 3 aromatic rings. The van der Waals surface area contributed by atoms with Gasteiger partial charge in [0.1, 0.15) is 5.69 Å². The molecule has 1 atom stereocenters. The average molecular weight is 427 g/mol. The van der Waals surface area contributed by atoms with Crippen molar-refractivity contribution in [2.24, 2.45) is 5.14 Å². The minimum absolute atomic E-state index is 0.00954. The summed E-state index contributed by atoms with van der Waals surface area (Å²) in [6.45, 7) is 0.508. The fraction of sp³-hybridized carbons (Fsp3) is 0.238. The van der Waals surface area contributed by atoms with Crippen molar-refractivity contribution in [2.75, 3.05) is 6.54 Å². The zero-order chi connectivity index (χ0) is 21.3. The number of nitrogens with zero attached hydrogens (tertiary/aromatic N) is 2. The smallest absolute Gasteiger partial charge is 0.407 e. The van der Waals surface area contributed by atoms with Crippen LogP contribution < -0.4 is 5.14 Å². The van der Waals surface area contributed by atoms with Crippen LogP contribution in [-0.2, 0) is 16.4 Å². The van der Waals surface area contributed by atoms with E-state index in [9.17, 15) is 18.3 Å². The minimum atomic E-state index is -3.80. The number of primary sulfonamides is 1. The molecule has 0 saturated carbocycles. The van der Waals surface area contributed by atoms with Gasteiger partial charge in [0, 0.05) is 30.1 Å². The fourth-order valence-electron chi connectivity index (χ4n) is 3.74. The van der Waals surface area contributed by atoms with Gasteiger partial charge in [-0.05, 0) is 37.1 Å². The fourth-order valence-corrected chi connectivity index (χ4v) is 4.25. The first-order chi connectivity index (χ1) is 14.3. The molecule has 1 aliphatic rings. The van der Waals surface area contributed by atoms with E-state index in [0.29, 0.717) is 35.9 Å².